The third-order valence-electron chi connectivity index (χ3n) is 4.88. The Kier molecular flexibility index (Phi) is 6.57. The molecule has 0 unspecified atom stereocenters. The van der Waals surface area contributed by atoms with Crippen LogP contribution in [0.3, 0.4) is 0 Å². The van der Waals surface area contributed by atoms with E-state index in [0.717, 1.165) is 32.9 Å². The van der Waals surface area contributed by atoms with Gasteiger partial charge in [0.1, 0.15) is 11.6 Å². The molecule has 0 bridgehead atoms. The van der Waals surface area contributed by atoms with Gasteiger partial charge in [0.15, 0.2) is 5.82 Å². The third kappa shape index (κ3) is 4.96. The van der Waals surface area contributed by atoms with Gasteiger partial charge in [-0.05, 0) is 49.4 Å². The Hall–Kier alpha value is -3.50. The first-order chi connectivity index (χ1) is 15.9. The van der Waals surface area contributed by atoms with Gasteiger partial charge in [0.2, 0.25) is 4.96 Å². The van der Waals surface area contributed by atoms with Gasteiger partial charge in [0.05, 0.1) is 17.8 Å². The van der Waals surface area contributed by atoms with Crippen LogP contribution in [-0.2, 0) is 16.0 Å². The highest BCUT2D eigenvalue weighted by molar-refractivity contribution is 7.17. The zero-order chi connectivity index (χ0) is 23.5. The van der Waals surface area contributed by atoms with Crippen LogP contribution < -0.4 is 15.4 Å². The first-order valence-corrected chi connectivity index (χ1v) is 11.1. The molecule has 0 radical (unpaired) electrons. The van der Waals surface area contributed by atoms with E-state index in [4.69, 9.17) is 16.3 Å². The number of thiazole rings is 1. The van der Waals surface area contributed by atoms with Gasteiger partial charge in [-0.1, -0.05) is 22.9 Å². The molecule has 11 heteroatoms. The Morgan fingerprint density at radius 1 is 1.18 bits per heavy atom. The molecule has 4 rings (SSSR count). The maximum atomic E-state index is 13.2. The molecule has 2 aromatic heterocycles. The molecule has 4 aromatic rings. The van der Waals surface area contributed by atoms with E-state index < -0.39 is 17.6 Å². The lowest BCUT2D eigenvalue weighted by Gasteiger charge is -2.07. The number of benzene rings is 2. The van der Waals surface area contributed by atoms with E-state index in [-0.39, 0.29) is 17.3 Å². The maximum Gasteiger partial charge on any atom is 0.313 e. The zero-order valence-corrected chi connectivity index (χ0v) is 19.3. The number of halogens is 2. The van der Waals surface area contributed by atoms with Crippen LogP contribution in [0.5, 0.6) is 5.75 Å². The number of rotatable bonds is 6. The van der Waals surface area contributed by atoms with Crippen LogP contribution in [0, 0.1) is 12.7 Å². The Morgan fingerprint density at radius 2 is 1.94 bits per heavy atom. The summed E-state index contributed by atoms with van der Waals surface area (Å²) in [4.78, 5) is 30.4. The lowest BCUT2D eigenvalue weighted by Crippen LogP contribution is -2.36. The quantitative estimate of drug-likeness (QED) is 0.402. The molecule has 0 aliphatic heterocycles. The molecule has 0 aliphatic carbocycles. The molecule has 8 nitrogen and oxygen atoms in total. The van der Waals surface area contributed by atoms with Gasteiger partial charge in [-0.3, -0.25) is 9.59 Å². The van der Waals surface area contributed by atoms with Crippen LogP contribution in [0.25, 0.3) is 16.3 Å². The van der Waals surface area contributed by atoms with E-state index in [0.29, 0.717) is 12.2 Å². The summed E-state index contributed by atoms with van der Waals surface area (Å²) in [5.74, 6) is -0.891. The highest BCUT2D eigenvalue weighted by Crippen LogP contribution is 2.26. The highest BCUT2D eigenvalue weighted by atomic mass is 35.5. The molecule has 0 atom stereocenters. The summed E-state index contributed by atoms with van der Waals surface area (Å²) in [6.45, 7) is 2.18. The molecular weight excluding hydrogens is 469 g/mol. The first kappa shape index (κ1) is 22.7. The smallest absolute Gasteiger partial charge is 0.313 e. The number of anilines is 1. The number of nitrogens with one attached hydrogen (secondary N) is 2. The molecular formula is C22H19ClFN5O3S. The van der Waals surface area contributed by atoms with E-state index in [2.05, 4.69) is 20.7 Å². The van der Waals surface area contributed by atoms with Crippen molar-refractivity contribution in [3.8, 4) is 17.1 Å². The number of aryl methyl sites for hydroxylation is 1. The topological polar surface area (TPSA) is 97.6 Å². The summed E-state index contributed by atoms with van der Waals surface area (Å²) in [6.07, 6.45) is 0.515. The Labute approximate surface area is 197 Å². The lowest BCUT2D eigenvalue weighted by atomic mass is 10.2. The Bertz CT molecular complexity index is 1340. The van der Waals surface area contributed by atoms with Crippen molar-refractivity contribution in [1.82, 2.24) is 19.9 Å². The number of carbonyl (C=O) groups excluding carboxylic acids is 2. The molecule has 33 heavy (non-hydrogen) atoms. The molecule has 0 fully saturated rings. The van der Waals surface area contributed by atoms with Crippen molar-refractivity contribution in [3.05, 3.63) is 63.9 Å². The fourth-order valence-corrected chi connectivity index (χ4v) is 4.35. The molecule has 0 saturated carbocycles. The summed E-state index contributed by atoms with van der Waals surface area (Å²) in [5.41, 5.74) is 2.03. The fourth-order valence-electron chi connectivity index (χ4n) is 3.11. The first-order valence-electron chi connectivity index (χ1n) is 9.89. The SMILES string of the molecule is COc1ccc(-c2nc3sc(CCNC(=O)C(=O)Nc4ccc(F)c(Cl)c4)c(C)n3n2)cc1. The maximum absolute atomic E-state index is 13.2. The minimum Gasteiger partial charge on any atom is -0.497 e. The minimum absolute atomic E-state index is 0.143. The van der Waals surface area contributed by atoms with Crippen LogP contribution in [0.2, 0.25) is 5.02 Å². The van der Waals surface area contributed by atoms with E-state index in [1.54, 1.807) is 11.6 Å². The molecule has 2 heterocycles. The molecule has 0 aliphatic rings. The third-order valence-corrected chi connectivity index (χ3v) is 6.37. The predicted octanol–water partition coefficient (Wildman–Crippen LogP) is 3.86. The summed E-state index contributed by atoms with van der Waals surface area (Å²) in [6, 6.07) is 11.2. The average molecular weight is 488 g/mol. The number of nitrogens with zero attached hydrogens (tertiary/aromatic N) is 3. The lowest BCUT2D eigenvalue weighted by molar-refractivity contribution is -0.136. The number of fused-ring (bicyclic) bond motifs is 1. The summed E-state index contributed by atoms with van der Waals surface area (Å²) >= 11 is 7.16. The van der Waals surface area contributed by atoms with Gasteiger partial charge >= 0.3 is 11.8 Å². The molecule has 0 saturated heterocycles. The van der Waals surface area contributed by atoms with E-state index >= 15 is 0 Å². The van der Waals surface area contributed by atoms with E-state index in [9.17, 15) is 14.0 Å². The normalized spacial score (nSPS) is 10.9. The number of hydrogen-bond donors (Lipinski definition) is 2. The second-order valence-electron chi connectivity index (χ2n) is 7.06. The molecule has 170 valence electrons. The van der Waals surface area contributed by atoms with Gasteiger partial charge < -0.3 is 15.4 Å². The van der Waals surface area contributed by atoms with Gasteiger partial charge in [0.25, 0.3) is 0 Å². The molecule has 2 amide bonds. The molecule has 2 aromatic carbocycles. The van der Waals surface area contributed by atoms with Gasteiger partial charge in [0, 0.05) is 29.1 Å². The Balaban J connectivity index is 1.35. The predicted molar refractivity (Wildman–Crippen MR) is 124 cm³/mol. The average Bonchev–Trinajstić information content (AvgIpc) is 3.35. The van der Waals surface area contributed by atoms with Crippen molar-refractivity contribution < 1.29 is 18.7 Å². The number of amides is 2. The van der Waals surface area contributed by atoms with E-state index in [1.165, 1.54) is 23.5 Å². The summed E-state index contributed by atoms with van der Waals surface area (Å²) < 4.78 is 20.2. The van der Waals surface area contributed by atoms with Crippen LogP contribution in [0.4, 0.5) is 10.1 Å². The molecule has 2 N–H and O–H groups in total. The van der Waals surface area contributed by atoms with Gasteiger partial charge in [-0.25, -0.2) is 8.91 Å². The number of carbonyl (C=O) groups is 2. The number of aromatic nitrogens is 3. The van der Waals surface area contributed by atoms with Crippen LogP contribution in [0.1, 0.15) is 10.6 Å². The van der Waals surface area contributed by atoms with Crippen molar-refractivity contribution in [2.75, 3.05) is 19.0 Å². The van der Waals surface area contributed by atoms with Crippen molar-refractivity contribution in [3.63, 3.8) is 0 Å². The minimum atomic E-state index is -0.860. The monoisotopic (exact) mass is 487 g/mol. The van der Waals surface area contributed by atoms with Crippen LogP contribution in [0.15, 0.2) is 42.5 Å². The second-order valence-corrected chi connectivity index (χ2v) is 8.53. The van der Waals surface area contributed by atoms with Crippen molar-refractivity contribution >= 4 is 45.4 Å². The fraction of sp³-hybridized carbons (Fsp3) is 0.182. The summed E-state index contributed by atoms with van der Waals surface area (Å²) in [5, 5.41) is 9.39. The van der Waals surface area contributed by atoms with Crippen LogP contribution in [-0.4, -0.2) is 40.1 Å². The van der Waals surface area contributed by atoms with Crippen molar-refractivity contribution in [2.24, 2.45) is 0 Å². The largest absolute Gasteiger partial charge is 0.497 e. The van der Waals surface area contributed by atoms with E-state index in [1.807, 2.05) is 31.2 Å². The molecule has 0 spiro atoms. The van der Waals surface area contributed by atoms with Crippen molar-refractivity contribution in [1.29, 1.82) is 0 Å². The van der Waals surface area contributed by atoms with Crippen LogP contribution >= 0.6 is 22.9 Å². The van der Waals surface area contributed by atoms with Gasteiger partial charge in [-0.2, -0.15) is 4.98 Å². The highest BCUT2D eigenvalue weighted by Gasteiger charge is 2.17. The van der Waals surface area contributed by atoms with Gasteiger partial charge in [-0.15, -0.1) is 5.10 Å². The number of hydrogen-bond acceptors (Lipinski definition) is 6. The standard InChI is InChI=1S/C22H19ClFN5O3S/c1-12-18(9-10-25-20(30)21(31)26-14-5-8-17(24)16(23)11-14)33-22-27-19(28-29(12)22)13-3-6-15(32-2)7-4-13/h3-8,11H,9-10H2,1-2H3,(H,25,30)(H,26,31). The second kappa shape index (κ2) is 9.55. The Morgan fingerprint density at radius 3 is 2.61 bits per heavy atom. The zero-order valence-electron chi connectivity index (χ0n) is 17.7. The number of methoxy groups -OCH3 is 1. The van der Waals surface area contributed by atoms with Crippen molar-refractivity contribution in [2.45, 2.75) is 13.3 Å². The summed E-state index contributed by atoms with van der Waals surface area (Å²) in [7, 11) is 1.61. The number of ether oxygens (including phenoxy) is 1.